The predicted molar refractivity (Wildman–Crippen MR) is 65.4 cm³/mol. The van der Waals surface area contributed by atoms with E-state index in [4.69, 9.17) is 5.73 Å². The van der Waals surface area contributed by atoms with Gasteiger partial charge in [-0.1, -0.05) is 12.2 Å². The number of anilines is 1. The van der Waals surface area contributed by atoms with Crippen molar-refractivity contribution in [3.05, 3.63) is 35.9 Å². The first-order valence-electron chi connectivity index (χ1n) is 5.24. The van der Waals surface area contributed by atoms with Gasteiger partial charge in [-0.25, -0.2) is 21.9 Å². The number of allylic oxidation sites excluding steroid dienone is 1. The fraction of sp³-hybridized carbons (Fsp3) is 0.273. The summed E-state index contributed by atoms with van der Waals surface area (Å²) in [6.45, 7) is 1.89. The van der Waals surface area contributed by atoms with Gasteiger partial charge in [-0.3, -0.25) is 0 Å². The summed E-state index contributed by atoms with van der Waals surface area (Å²) < 4.78 is 52.1. The summed E-state index contributed by atoms with van der Waals surface area (Å²) >= 11 is 0. The van der Waals surface area contributed by atoms with Gasteiger partial charge in [-0.05, 0) is 25.5 Å². The molecule has 0 radical (unpaired) electrons. The lowest BCUT2D eigenvalue weighted by molar-refractivity contribution is 0.484. The van der Waals surface area contributed by atoms with Gasteiger partial charge < -0.3 is 5.73 Å². The first-order valence-corrected chi connectivity index (χ1v) is 6.72. The summed E-state index contributed by atoms with van der Waals surface area (Å²) in [5.74, 6) is -2.72. The van der Waals surface area contributed by atoms with E-state index in [1.54, 1.807) is 19.1 Å². The van der Waals surface area contributed by atoms with Crippen molar-refractivity contribution in [2.75, 3.05) is 12.3 Å². The van der Waals surface area contributed by atoms with E-state index in [2.05, 4.69) is 4.72 Å². The van der Waals surface area contributed by atoms with Crippen LogP contribution in [0.2, 0.25) is 0 Å². The molecule has 100 valence electrons. The molecule has 1 aromatic rings. The molecule has 0 bridgehead atoms. The molecule has 0 unspecified atom stereocenters. The molecular weight excluding hydrogens is 262 g/mol. The van der Waals surface area contributed by atoms with Gasteiger partial charge in [0.1, 0.15) is 4.90 Å². The van der Waals surface area contributed by atoms with Crippen molar-refractivity contribution in [3.8, 4) is 0 Å². The van der Waals surface area contributed by atoms with Crippen molar-refractivity contribution in [2.45, 2.75) is 18.2 Å². The highest BCUT2D eigenvalue weighted by molar-refractivity contribution is 7.89. The molecule has 7 heteroatoms. The van der Waals surface area contributed by atoms with Crippen molar-refractivity contribution in [2.24, 2.45) is 0 Å². The van der Waals surface area contributed by atoms with Crippen LogP contribution in [-0.4, -0.2) is 15.0 Å². The molecule has 0 aliphatic carbocycles. The van der Waals surface area contributed by atoms with Gasteiger partial charge in [0.05, 0.1) is 0 Å². The second-order valence-electron chi connectivity index (χ2n) is 3.57. The van der Waals surface area contributed by atoms with E-state index in [9.17, 15) is 17.2 Å². The Hall–Kier alpha value is -1.47. The fourth-order valence-corrected chi connectivity index (χ4v) is 2.47. The molecular formula is C11H14F2N2O2S. The van der Waals surface area contributed by atoms with Crippen LogP contribution < -0.4 is 10.5 Å². The Balaban J connectivity index is 2.98. The largest absolute Gasteiger partial charge is 0.399 e. The van der Waals surface area contributed by atoms with E-state index >= 15 is 0 Å². The lowest BCUT2D eigenvalue weighted by Gasteiger charge is -2.08. The zero-order valence-electron chi connectivity index (χ0n) is 9.78. The van der Waals surface area contributed by atoms with Crippen molar-refractivity contribution >= 4 is 15.7 Å². The summed E-state index contributed by atoms with van der Waals surface area (Å²) in [6, 6.07) is 1.62. The van der Waals surface area contributed by atoms with Crippen LogP contribution in [0.3, 0.4) is 0 Å². The normalized spacial score (nSPS) is 12.2. The van der Waals surface area contributed by atoms with Gasteiger partial charge in [0, 0.05) is 12.2 Å². The summed E-state index contributed by atoms with van der Waals surface area (Å²) in [5, 5.41) is 0. The van der Waals surface area contributed by atoms with E-state index in [-0.39, 0.29) is 12.2 Å². The quantitative estimate of drug-likeness (QED) is 0.489. The van der Waals surface area contributed by atoms with Crippen LogP contribution in [0.5, 0.6) is 0 Å². The average Bonchev–Trinajstić information content (AvgIpc) is 2.29. The summed E-state index contributed by atoms with van der Waals surface area (Å²) in [7, 11) is -4.10. The van der Waals surface area contributed by atoms with Crippen LogP contribution in [-0.2, 0) is 10.0 Å². The molecule has 0 aromatic heterocycles. The number of hydrogen-bond donors (Lipinski definition) is 2. The van der Waals surface area contributed by atoms with E-state index in [1.165, 1.54) is 0 Å². The molecule has 1 aromatic carbocycles. The second-order valence-corrected chi connectivity index (χ2v) is 5.31. The molecule has 0 fully saturated rings. The highest BCUT2D eigenvalue weighted by Crippen LogP contribution is 2.20. The fourth-order valence-electron chi connectivity index (χ4n) is 1.30. The van der Waals surface area contributed by atoms with Crippen LogP contribution in [0.1, 0.15) is 13.3 Å². The zero-order valence-corrected chi connectivity index (χ0v) is 10.6. The summed E-state index contributed by atoms with van der Waals surface area (Å²) in [4.78, 5) is -0.777. The number of nitrogens with one attached hydrogen (secondary N) is 1. The monoisotopic (exact) mass is 276 g/mol. The molecule has 0 spiro atoms. The molecule has 0 aliphatic rings. The van der Waals surface area contributed by atoms with Crippen molar-refractivity contribution in [1.82, 2.24) is 4.72 Å². The molecule has 1 rings (SSSR count). The third-order valence-electron chi connectivity index (χ3n) is 2.15. The topological polar surface area (TPSA) is 72.2 Å². The minimum absolute atomic E-state index is 0.0997. The molecule has 0 aliphatic heterocycles. The number of rotatable bonds is 5. The molecule has 18 heavy (non-hydrogen) atoms. The smallest absolute Gasteiger partial charge is 0.243 e. The van der Waals surface area contributed by atoms with Gasteiger partial charge in [0.25, 0.3) is 0 Å². The Labute approximate surface area is 105 Å². The SMILES string of the molecule is C/C=C/CCNS(=O)(=O)c1cc(N)cc(F)c1F. The summed E-state index contributed by atoms with van der Waals surface area (Å²) in [6.07, 6.45) is 3.97. The number of halogens is 2. The number of sulfonamides is 1. The van der Waals surface area contributed by atoms with Crippen LogP contribution in [0, 0.1) is 11.6 Å². The van der Waals surface area contributed by atoms with E-state index in [0.29, 0.717) is 6.42 Å². The van der Waals surface area contributed by atoms with E-state index < -0.39 is 26.6 Å². The Morgan fingerprint density at radius 3 is 2.67 bits per heavy atom. The van der Waals surface area contributed by atoms with Gasteiger partial charge in [0.15, 0.2) is 11.6 Å². The zero-order chi connectivity index (χ0) is 13.8. The van der Waals surface area contributed by atoms with E-state index in [1.807, 2.05) is 0 Å². The van der Waals surface area contributed by atoms with Gasteiger partial charge in [-0.15, -0.1) is 0 Å². The predicted octanol–water partition coefficient (Wildman–Crippen LogP) is 1.79. The minimum Gasteiger partial charge on any atom is -0.399 e. The minimum atomic E-state index is -4.10. The van der Waals surface area contributed by atoms with Crippen molar-refractivity contribution in [1.29, 1.82) is 0 Å². The standard InChI is InChI=1S/C11H14F2N2O2S/c1-2-3-4-5-15-18(16,17)10-7-8(14)6-9(12)11(10)13/h2-3,6-7,15H,4-5,14H2,1H3/b3-2+. The van der Waals surface area contributed by atoms with Crippen LogP contribution in [0.25, 0.3) is 0 Å². The van der Waals surface area contributed by atoms with E-state index in [0.717, 1.165) is 12.1 Å². The number of nitrogen functional groups attached to an aromatic ring is 1. The Bertz CT molecular complexity index is 556. The maximum Gasteiger partial charge on any atom is 0.243 e. The molecule has 0 saturated heterocycles. The van der Waals surface area contributed by atoms with Crippen molar-refractivity contribution < 1.29 is 17.2 Å². The first kappa shape index (κ1) is 14.6. The van der Waals surface area contributed by atoms with Crippen LogP contribution >= 0.6 is 0 Å². The Morgan fingerprint density at radius 2 is 2.06 bits per heavy atom. The summed E-state index contributed by atoms with van der Waals surface area (Å²) in [5.41, 5.74) is 5.14. The number of benzene rings is 1. The molecule has 0 atom stereocenters. The Kier molecular flexibility index (Phi) is 4.80. The number of hydrogen-bond acceptors (Lipinski definition) is 3. The first-order chi connectivity index (χ1) is 8.38. The van der Waals surface area contributed by atoms with Crippen molar-refractivity contribution in [3.63, 3.8) is 0 Å². The van der Waals surface area contributed by atoms with Crippen LogP contribution in [0.15, 0.2) is 29.2 Å². The number of nitrogens with two attached hydrogens (primary N) is 1. The molecule has 0 heterocycles. The molecule has 4 nitrogen and oxygen atoms in total. The van der Waals surface area contributed by atoms with Gasteiger partial charge in [0.2, 0.25) is 10.0 Å². The maximum atomic E-state index is 13.4. The lowest BCUT2D eigenvalue weighted by atomic mass is 10.3. The second kappa shape index (κ2) is 5.92. The highest BCUT2D eigenvalue weighted by Gasteiger charge is 2.21. The maximum absolute atomic E-state index is 13.4. The average molecular weight is 276 g/mol. The van der Waals surface area contributed by atoms with Gasteiger partial charge in [-0.2, -0.15) is 0 Å². The van der Waals surface area contributed by atoms with Crippen LogP contribution in [0.4, 0.5) is 14.5 Å². The molecule has 3 N–H and O–H groups in total. The molecule has 0 amide bonds. The Morgan fingerprint density at radius 1 is 1.39 bits per heavy atom. The molecule has 0 saturated carbocycles. The third-order valence-corrected chi connectivity index (χ3v) is 3.61. The lowest BCUT2D eigenvalue weighted by Crippen LogP contribution is -2.26. The highest BCUT2D eigenvalue weighted by atomic mass is 32.2. The third kappa shape index (κ3) is 3.51. The van der Waals surface area contributed by atoms with Gasteiger partial charge >= 0.3 is 0 Å².